The molecule has 6 nitrogen and oxygen atoms in total. The van der Waals surface area contributed by atoms with Crippen LogP contribution in [0.3, 0.4) is 0 Å². The lowest BCUT2D eigenvalue weighted by Gasteiger charge is -2.22. The first-order valence-electron chi connectivity index (χ1n) is 11.7. The smallest absolute Gasteiger partial charge is 0.220 e. The van der Waals surface area contributed by atoms with E-state index in [-0.39, 0.29) is 35.9 Å². The Hall–Kier alpha value is -1.51. The van der Waals surface area contributed by atoms with Crippen LogP contribution in [0, 0.1) is 5.92 Å². The van der Waals surface area contributed by atoms with Gasteiger partial charge in [-0.05, 0) is 56.2 Å². The monoisotopic (exact) mass is 541 g/mol. The molecule has 3 rings (SSSR count). The minimum atomic E-state index is 0. The Morgan fingerprint density at radius 3 is 2.52 bits per heavy atom. The molecule has 0 radical (unpaired) electrons. The largest absolute Gasteiger partial charge is 0.372 e. The van der Waals surface area contributed by atoms with Crippen LogP contribution in [-0.2, 0) is 4.79 Å². The molecule has 2 fully saturated rings. The number of hydrogen-bond donors (Lipinski definition) is 3. The van der Waals surface area contributed by atoms with Gasteiger partial charge in [0, 0.05) is 45.3 Å². The first kappa shape index (κ1) is 25.7. The molecule has 1 saturated carbocycles. The molecule has 1 unspecified atom stereocenters. The third-order valence-electron chi connectivity index (χ3n) is 6.36. The quantitative estimate of drug-likeness (QED) is 0.200. The van der Waals surface area contributed by atoms with E-state index in [9.17, 15) is 4.79 Å². The number of nitrogens with zero attached hydrogens (tertiary/aromatic N) is 2. The SMILES string of the molecule is CN=C(NCCNC(=O)CC1CCCCC1)NC(C)c1cccc(N2CCCC2)c1.I. The number of halogens is 1. The molecule has 0 bridgehead atoms. The number of benzene rings is 1. The maximum Gasteiger partial charge on any atom is 0.220 e. The number of aliphatic imine (C=N–C) groups is 1. The highest BCUT2D eigenvalue weighted by atomic mass is 127. The molecular formula is C24H40IN5O. The standard InChI is InChI=1S/C24H39N5O.HI/c1-19(21-11-8-12-22(18-21)29-15-6-7-16-29)28-24(25-2)27-14-13-26-23(30)17-20-9-4-3-5-10-20;/h8,11-12,18-20H,3-7,9-10,13-17H2,1-2H3,(H,26,30)(H2,25,27,28);1H. The molecule has 0 aromatic heterocycles. The molecule has 1 aliphatic heterocycles. The van der Waals surface area contributed by atoms with Gasteiger partial charge in [0.1, 0.15) is 0 Å². The number of amides is 1. The molecule has 174 valence electrons. The molecule has 1 amide bonds. The average molecular weight is 542 g/mol. The van der Waals surface area contributed by atoms with Crippen LogP contribution < -0.4 is 20.9 Å². The van der Waals surface area contributed by atoms with E-state index in [4.69, 9.17) is 0 Å². The highest BCUT2D eigenvalue weighted by molar-refractivity contribution is 14.0. The molecule has 31 heavy (non-hydrogen) atoms. The summed E-state index contributed by atoms with van der Waals surface area (Å²) in [5.41, 5.74) is 2.56. The fourth-order valence-electron chi connectivity index (χ4n) is 4.56. The van der Waals surface area contributed by atoms with Crippen molar-refractivity contribution in [1.82, 2.24) is 16.0 Å². The highest BCUT2D eigenvalue weighted by Crippen LogP contribution is 2.26. The van der Waals surface area contributed by atoms with Gasteiger partial charge < -0.3 is 20.9 Å². The molecule has 1 heterocycles. The van der Waals surface area contributed by atoms with Crippen molar-refractivity contribution in [1.29, 1.82) is 0 Å². The fourth-order valence-corrected chi connectivity index (χ4v) is 4.56. The van der Waals surface area contributed by atoms with E-state index >= 15 is 0 Å². The Balaban J connectivity index is 0.00000341. The van der Waals surface area contributed by atoms with Crippen LogP contribution in [0.5, 0.6) is 0 Å². The minimum absolute atomic E-state index is 0. The Morgan fingerprint density at radius 1 is 1.10 bits per heavy atom. The van der Waals surface area contributed by atoms with Crippen molar-refractivity contribution in [3.8, 4) is 0 Å². The van der Waals surface area contributed by atoms with Crippen LogP contribution in [-0.4, -0.2) is 45.1 Å². The summed E-state index contributed by atoms with van der Waals surface area (Å²) in [5.74, 6) is 1.52. The molecule has 1 atom stereocenters. The van der Waals surface area contributed by atoms with Gasteiger partial charge in [-0.25, -0.2) is 0 Å². The van der Waals surface area contributed by atoms with Gasteiger partial charge in [0.15, 0.2) is 5.96 Å². The molecular weight excluding hydrogens is 501 g/mol. The summed E-state index contributed by atoms with van der Waals surface area (Å²) in [6.07, 6.45) is 9.55. The van der Waals surface area contributed by atoms with Crippen molar-refractivity contribution >= 4 is 41.5 Å². The second kappa shape index (κ2) is 13.8. The molecule has 1 aromatic rings. The summed E-state index contributed by atoms with van der Waals surface area (Å²) in [6.45, 7) is 5.74. The predicted molar refractivity (Wildman–Crippen MR) is 140 cm³/mol. The van der Waals surface area contributed by atoms with Crippen molar-refractivity contribution in [2.24, 2.45) is 10.9 Å². The molecule has 7 heteroatoms. The fraction of sp³-hybridized carbons (Fsp3) is 0.667. The summed E-state index contributed by atoms with van der Waals surface area (Å²) < 4.78 is 0. The normalized spacial score (nSPS) is 18.3. The maximum atomic E-state index is 12.1. The molecule has 1 aliphatic carbocycles. The summed E-state index contributed by atoms with van der Waals surface area (Å²) >= 11 is 0. The maximum absolute atomic E-state index is 12.1. The number of anilines is 1. The molecule has 2 aliphatic rings. The van der Waals surface area contributed by atoms with Gasteiger partial charge in [-0.3, -0.25) is 9.79 Å². The number of guanidine groups is 1. The lowest BCUT2D eigenvalue weighted by molar-refractivity contribution is -0.122. The molecule has 3 N–H and O–H groups in total. The number of carbonyl (C=O) groups excluding carboxylic acids is 1. The van der Waals surface area contributed by atoms with Crippen LogP contribution in [0.25, 0.3) is 0 Å². The molecule has 1 aromatic carbocycles. The Morgan fingerprint density at radius 2 is 1.81 bits per heavy atom. The van der Waals surface area contributed by atoms with Gasteiger partial charge in [-0.1, -0.05) is 31.4 Å². The summed E-state index contributed by atoms with van der Waals surface area (Å²) in [6, 6.07) is 8.93. The first-order chi connectivity index (χ1) is 14.7. The van der Waals surface area contributed by atoms with E-state index in [2.05, 4.69) is 57.0 Å². The van der Waals surface area contributed by atoms with Gasteiger partial charge >= 0.3 is 0 Å². The Labute approximate surface area is 205 Å². The van der Waals surface area contributed by atoms with E-state index < -0.39 is 0 Å². The zero-order chi connectivity index (χ0) is 21.2. The summed E-state index contributed by atoms with van der Waals surface area (Å²) in [5, 5.41) is 9.82. The summed E-state index contributed by atoms with van der Waals surface area (Å²) in [4.78, 5) is 18.9. The van der Waals surface area contributed by atoms with Crippen molar-refractivity contribution in [2.75, 3.05) is 38.1 Å². The number of hydrogen-bond acceptors (Lipinski definition) is 3. The molecule has 1 saturated heterocycles. The Kier molecular flexibility index (Phi) is 11.5. The van der Waals surface area contributed by atoms with Gasteiger partial charge in [0.25, 0.3) is 0 Å². The second-order valence-electron chi connectivity index (χ2n) is 8.71. The number of rotatable bonds is 8. The van der Waals surface area contributed by atoms with E-state index in [0.717, 1.165) is 19.0 Å². The number of nitrogens with one attached hydrogen (secondary N) is 3. The average Bonchev–Trinajstić information content (AvgIpc) is 3.31. The van der Waals surface area contributed by atoms with E-state index in [0.29, 0.717) is 25.4 Å². The third-order valence-corrected chi connectivity index (χ3v) is 6.36. The van der Waals surface area contributed by atoms with E-state index in [1.807, 2.05) is 0 Å². The van der Waals surface area contributed by atoms with Crippen molar-refractivity contribution in [2.45, 2.75) is 64.3 Å². The number of carbonyl (C=O) groups is 1. The minimum Gasteiger partial charge on any atom is -0.372 e. The zero-order valence-electron chi connectivity index (χ0n) is 19.2. The first-order valence-corrected chi connectivity index (χ1v) is 11.7. The predicted octanol–water partition coefficient (Wildman–Crippen LogP) is 4.22. The van der Waals surface area contributed by atoms with Gasteiger partial charge in [0.05, 0.1) is 6.04 Å². The van der Waals surface area contributed by atoms with Crippen LogP contribution in [0.15, 0.2) is 29.3 Å². The van der Waals surface area contributed by atoms with Crippen molar-refractivity contribution < 1.29 is 4.79 Å². The lowest BCUT2D eigenvalue weighted by Crippen LogP contribution is -2.42. The Bertz CT molecular complexity index is 699. The highest BCUT2D eigenvalue weighted by Gasteiger charge is 2.17. The van der Waals surface area contributed by atoms with Crippen LogP contribution >= 0.6 is 24.0 Å². The van der Waals surface area contributed by atoms with Gasteiger partial charge in [0.2, 0.25) is 5.91 Å². The second-order valence-corrected chi connectivity index (χ2v) is 8.71. The van der Waals surface area contributed by atoms with Crippen LogP contribution in [0.1, 0.15) is 69.9 Å². The van der Waals surface area contributed by atoms with Crippen LogP contribution in [0.4, 0.5) is 5.69 Å². The van der Waals surface area contributed by atoms with Crippen molar-refractivity contribution in [3.05, 3.63) is 29.8 Å². The van der Waals surface area contributed by atoms with Crippen molar-refractivity contribution in [3.63, 3.8) is 0 Å². The lowest BCUT2D eigenvalue weighted by atomic mass is 9.87. The van der Waals surface area contributed by atoms with Gasteiger partial charge in [-0.15, -0.1) is 24.0 Å². The van der Waals surface area contributed by atoms with Crippen LogP contribution in [0.2, 0.25) is 0 Å². The van der Waals surface area contributed by atoms with E-state index in [1.165, 1.54) is 56.2 Å². The van der Waals surface area contributed by atoms with Gasteiger partial charge in [-0.2, -0.15) is 0 Å². The topological polar surface area (TPSA) is 68.8 Å². The zero-order valence-corrected chi connectivity index (χ0v) is 21.5. The third kappa shape index (κ3) is 8.50. The molecule has 0 spiro atoms. The summed E-state index contributed by atoms with van der Waals surface area (Å²) in [7, 11) is 1.78. The van der Waals surface area contributed by atoms with E-state index in [1.54, 1.807) is 7.05 Å².